The monoisotopic (exact) mass is 652 g/mol. The Morgan fingerprint density at radius 3 is 1.51 bits per heavy atom. The van der Waals surface area contributed by atoms with Crippen molar-refractivity contribution in [2.75, 3.05) is 9.80 Å². The molecule has 1 heterocycles. The van der Waals surface area contributed by atoms with Crippen LogP contribution < -0.4 is 14.5 Å². The lowest BCUT2D eigenvalue weighted by atomic mass is 9.93. The minimum Gasteiger partial charge on any atom is -0.456 e. The minimum atomic E-state index is 0.844. The second kappa shape index (κ2) is 11.9. The molecule has 10 rings (SSSR count). The predicted octanol–water partition coefficient (Wildman–Crippen LogP) is 13.9. The molecule has 0 fully saturated rings. The lowest BCUT2D eigenvalue weighted by Gasteiger charge is -2.30. The minimum absolute atomic E-state index is 0.844. The molecule has 1 aliphatic rings. The zero-order valence-corrected chi connectivity index (χ0v) is 27.8. The zero-order chi connectivity index (χ0) is 33.7. The summed E-state index contributed by atoms with van der Waals surface area (Å²) in [7, 11) is 0. The maximum Gasteiger partial charge on any atom is 0.137 e. The molecule has 0 amide bonds. The van der Waals surface area contributed by atoms with Crippen molar-refractivity contribution in [3.8, 4) is 22.6 Å². The summed E-state index contributed by atoms with van der Waals surface area (Å²) in [6, 6.07) is 69.1. The summed E-state index contributed by atoms with van der Waals surface area (Å²) in [5.74, 6) is 1.70. The molecule has 0 aliphatic carbocycles. The number of hydrogen-bond acceptors (Lipinski definition) is 3. The first-order valence-electron chi connectivity index (χ1n) is 17.3. The SMILES string of the molecule is c1ccc(N(c2ccc3c(c2)Oc2cccc4c(N(c5ccccc5)c5ccc6ccccc6c5)ccc-3c24)c2ccc3ccccc3c2)cc1. The number of fused-ring (bicyclic) bond motifs is 4. The van der Waals surface area contributed by atoms with Crippen LogP contribution in [0.1, 0.15) is 0 Å². The van der Waals surface area contributed by atoms with Gasteiger partial charge >= 0.3 is 0 Å². The Labute approximate surface area is 296 Å². The molecule has 0 atom stereocenters. The van der Waals surface area contributed by atoms with E-state index >= 15 is 0 Å². The molecule has 3 heteroatoms. The molecule has 0 unspecified atom stereocenters. The lowest BCUT2D eigenvalue weighted by molar-refractivity contribution is 0.487. The second-order valence-electron chi connectivity index (χ2n) is 13.0. The summed E-state index contributed by atoms with van der Waals surface area (Å²) in [5, 5.41) is 7.11. The fourth-order valence-corrected chi connectivity index (χ4v) is 7.60. The first-order valence-corrected chi connectivity index (χ1v) is 17.3. The van der Waals surface area contributed by atoms with E-state index < -0.39 is 0 Å². The van der Waals surface area contributed by atoms with Crippen LogP contribution >= 0.6 is 0 Å². The van der Waals surface area contributed by atoms with Crippen molar-refractivity contribution in [3.63, 3.8) is 0 Å². The molecule has 0 radical (unpaired) electrons. The largest absolute Gasteiger partial charge is 0.456 e. The fraction of sp³-hybridized carbons (Fsp3) is 0. The Hall–Kier alpha value is -6.84. The van der Waals surface area contributed by atoms with E-state index in [2.05, 4.69) is 204 Å². The molecule has 51 heavy (non-hydrogen) atoms. The van der Waals surface area contributed by atoms with Gasteiger partial charge in [0.25, 0.3) is 0 Å². The maximum atomic E-state index is 6.84. The first kappa shape index (κ1) is 29.1. The smallest absolute Gasteiger partial charge is 0.137 e. The van der Waals surface area contributed by atoms with Gasteiger partial charge in [0.05, 0.1) is 5.69 Å². The maximum absolute atomic E-state index is 6.84. The molecule has 0 saturated heterocycles. The summed E-state index contributed by atoms with van der Waals surface area (Å²) in [6.45, 7) is 0. The van der Waals surface area contributed by atoms with Crippen LogP contribution in [-0.4, -0.2) is 0 Å². The molecule has 240 valence electrons. The number of para-hydroxylation sites is 2. The first-order chi connectivity index (χ1) is 25.3. The Bertz CT molecular complexity index is 2740. The molecule has 9 aromatic carbocycles. The highest BCUT2D eigenvalue weighted by Crippen LogP contribution is 2.52. The number of benzene rings is 9. The third kappa shape index (κ3) is 4.98. The standard InChI is InChI=1S/C48H32N2O/c1-3-16-37(17-4-1)49(39-24-22-33-12-7-9-14-35(33)30-39)41-26-27-42-43-28-29-45(44-20-11-21-46(48(43)44)51-47(42)32-41)50(38-18-5-2-6-19-38)40-25-23-34-13-8-10-15-36(34)31-40/h1-32H. The van der Waals surface area contributed by atoms with Gasteiger partial charge in [-0.2, -0.15) is 0 Å². The number of ether oxygens (including phenoxy) is 1. The molecule has 1 aliphatic heterocycles. The van der Waals surface area contributed by atoms with Crippen molar-refractivity contribution < 1.29 is 4.74 Å². The van der Waals surface area contributed by atoms with Gasteiger partial charge in [-0.3, -0.25) is 0 Å². The number of nitrogens with zero attached hydrogens (tertiary/aromatic N) is 2. The zero-order valence-electron chi connectivity index (χ0n) is 27.8. The van der Waals surface area contributed by atoms with Crippen molar-refractivity contribution in [2.45, 2.75) is 0 Å². The van der Waals surface area contributed by atoms with E-state index in [1.807, 2.05) is 0 Å². The van der Waals surface area contributed by atoms with Crippen molar-refractivity contribution in [3.05, 3.63) is 194 Å². The molecular weight excluding hydrogens is 621 g/mol. The molecule has 9 aromatic rings. The number of rotatable bonds is 6. The predicted molar refractivity (Wildman–Crippen MR) is 214 cm³/mol. The van der Waals surface area contributed by atoms with Crippen molar-refractivity contribution >= 4 is 66.4 Å². The Morgan fingerprint density at radius 1 is 0.314 bits per heavy atom. The highest BCUT2D eigenvalue weighted by molar-refractivity contribution is 6.11. The van der Waals surface area contributed by atoms with Crippen LogP contribution in [0.2, 0.25) is 0 Å². The van der Waals surface area contributed by atoms with Gasteiger partial charge in [-0.15, -0.1) is 0 Å². The van der Waals surface area contributed by atoms with Crippen LogP contribution in [0.5, 0.6) is 11.5 Å². The Kier molecular flexibility index (Phi) is 6.81. The molecule has 0 N–H and O–H groups in total. The summed E-state index contributed by atoms with van der Waals surface area (Å²) in [4.78, 5) is 4.66. The summed E-state index contributed by atoms with van der Waals surface area (Å²) >= 11 is 0. The van der Waals surface area contributed by atoms with E-state index in [4.69, 9.17) is 4.74 Å². The van der Waals surface area contributed by atoms with Crippen LogP contribution in [0, 0.1) is 0 Å². The summed E-state index contributed by atoms with van der Waals surface area (Å²) < 4.78 is 6.84. The van der Waals surface area contributed by atoms with E-state index in [-0.39, 0.29) is 0 Å². The lowest BCUT2D eigenvalue weighted by Crippen LogP contribution is -2.12. The van der Waals surface area contributed by atoms with Crippen LogP contribution in [0.25, 0.3) is 43.4 Å². The van der Waals surface area contributed by atoms with Gasteiger partial charge in [-0.05, 0) is 99.9 Å². The van der Waals surface area contributed by atoms with E-state index in [0.717, 1.165) is 62.0 Å². The molecule has 0 spiro atoms. The molecular formula is C48H32N2O. The van der Waals surface area contributed by atoms with Gasteiger partial charge in [0, 0.05) is 50.8 Å². The van der Waals surface area contributed by atoms with Gasteiger partial charge in [0.1, 0.15) is 11.5 Å². The van der Waals surface area contributed by atoms with Crippen LogP contribution in [0.15, 0.2) is 194 Å². The fourth-order valence-electron chi connectivity index (χ4n) is 7.60. The molecule has 0 saturated carbocycles. The van der Waals surface area contributed by atoms with Crippen molar-refractivity contribution in [1.29, 1.82) is 0 Å². The number of hydrogen-bond donors (Lipinski definition) is 0. The van der Waals surface area contributed by atoms with Gasteiger partial charge < -0.3 is 14.5 Å². The Morgan fingerprint density at radius 2 is 0.843 bits per heavy atom. The second-order valence-corrected chi connectivity index (χ2v) is 13.0. The Balaban J connectivity index is 1.12. The highest BCUT2D eigenvalue weighted by Gasteiger charge is 2.25. The van der Waals surface area contributed by atoms with E-state index in [9.17, 15) is 0 Å². The van der Waals surface area contributed by atoms with Crippen LogP contribution in [0.3, 0.4) is 0 Å². The molecule has 3 nitrogen and oxygen atoms in total. The van der Waals surface area contributed by atoms with Crippen molar-refractivity contribution in [1.82, 2.24) is 0 Å². The third-order valence-corrected chi connectivity index (χ3v) is 9.97. The van der Waals surface area contributed by atoms with E-state index in [1.165, 1.54) is 27.1 Å². The van der Waals surface area contributed by atoms with Gasteiger partial charge in [0.2, 0.25) is 0 Å². The van der Waals surface area contributed by atoms with E-state index in [1.54, 1.807) is 0 Å². The summed E-state index contributed by atoms with van der Waals surface area (Å²) in [5.41, 5.74) is 8.78. The quantitative estimate of drug-likeness (QED) is 0.178. The van der Waals surface area contributed by atoms with Gasteiger partial charge in [0.15, 0.2) is 0 Å². The highest BCUT2D eigenvalue weighted by atomic mass is 16.5. The topological polar surface area (TPSA) is 15.7 Å². The number of anilines is 6. The van der Waals surface area contributed by atoms with Crippen LogP contribution in [0.4, 0.5) is 34.1 Å². The average molecular weight is 653 g/mol. The molecule has 0 bridgehead atoms. The van der Waals surface area contributed by atoms with Crippen molar-refractivity contribution in [2.24, 2.45) is 0 Å². The summed E-state index contributed by atoms with van der Waals surface area (Å²) in [6.07, 6.45) is 0. The van der Waals surface area contributed by atoms with Gasteiger partial charge in [-0.25, -0.2) is 0 Å². The third-order valence-electron chi connectivity index (χ3n) is 9.97. The average Bonchev–Trinajstić information content (AvgIpc) is 3.19. The normalized spacial score (nSPS) is 11.7. The molecule has 0 aromatic heterocycles. The van der Waals surface area contributed by atoms with E-state index in [0.29, 0.717) is 0 Å². The van der Waals surface area contributed by atoms with Crippen LogP contribution in [-0.2, 0) is 0 Å². The van der Waals surface area contributed by atoms with Gasteiger partial charge in [-0.1, -0.05) is 115 Å².